The lowest BCUT2D eigenvalue weighted by Crippen LogP contribution is -2.22. The van der Waals surface area contributed by atoms with Crippen molar-refractivity contribution in [3.05, 3.63) is 42.0 Å². The van der Waals surface area contributed by atoms with Crippen LogP contribution in [0.5, 0.6) is 0 Å². The zero-order valence-electron chi connectivity index (χ0n) is 12.6. The van der Waals surface area contributed by atoms with Crippen LogP contribution < -0.4 is 10.2 Å². The number of anilines is 2. The molecule has 21 heavy (non-hydrogen) atoms. The molecule has 1 fully saturated rings. The summed E-state index contributed by atoms with van der Waals surface area (Å²) in [5.74, 6) is 3.43. The van der Waals surface area contributed by atoms with Crippen molar-refractivity contribution < 1.29 is 0 Å². The van der Waals surface area contributed by atoms with Crippen molar-refractivity contribution in [2.24, 2.45) is 0 Å². The molecule has 110 valence electrons. The highest BCUT2D eigenvalue weighted by Gasteiger charge is 2.27. The van der Waals surface area contributed by atoms with Crippen molar-refractivity contribution in [1.29, 1.82) is 0 Å². The van der Waals surface area contributed by atoms with Gasteiger partial charge in [0, 0.05) is 45.0 Å². The topological polar surface area (TPSA) is 53.9 Å². The third kappa shape index (κ3) is 3.48. The molecular weight excluding hydrogens is 262 g/mol. The maximum Gasteiger partial charge on any atom is 0.136 e. The van der Waals surface area contributed by atoms with Crippen LogP contribution in [0.1, 0.15) is 30.1 Å². The molecule has 1 aliphatic carbocycles. The van der Waals surface area contributed by atoms with Gasteiger partial charge in [0.25, 0.3) is 0 Å². The molecule has 2 aromatic rings. The summed E-state index contributed by atoms with van der Waals surface area (Å²) in [4.78, 5) is 15.5. The second-order valence-electron chi connectivity index (χ2n) is 5.52. The molecule has 0 radical (unpaired) electrons. The summed E-state index contributed by atoms with van der Waals surface area (Å²) < 4.78 is 0. The smallest absolute Gasteiger partial charge is 0.136 e. The minimum Gasteiger partial charge on any atom is -0.373 e. The van der Waals surface area contributed by atoms with Gasteiger partial charge >= 0.3 is 0 Å². The van der Waals surface area contributed by atoms with Gasteiger partial charge in [0.05, 0.1) is 0 Å². The van der Waals surface area contributed by atoms with Gasteiger partial charge in [-0.2, -0.15) is 0 Å². The average Bonchev–Trinajstić information content (AvgIpc) is 3.38. The number of aromatic nitrogens is 3. The maximum absolute atomic E-state index is 4.72. The third-order valence-corrected chi connectivity index (χ3v) is 3.80. The maximum atomic E-state index is 4.72. The van der Waals surface area contributed by atoms with Crippen molar-refractivity contribution in [3.63, 3.8) is 0 Å². The van der Waals surface area contributed by atoms with E-state index < -0.39 is 0 Å². The fourth-order valence-electron chi connectivity index (χ4n) is 2.26. The largest absolute Gasteiger partial charge is 0.373 e. The van der Waals surface area contributed by atoms with Crippen LogP contribution in [0, 0.1) is 0 Å². The monoisotopic (exact) mass is 283 g/mol. The van der Waals surface area contributed by atoms with Crippen molar-refractivity contribution in [3.8, 4) is 0 Å². The predicted molar refractivity (Wildman–Crippen MR) is 84.8 cm³/mol. The molecule has 0 spiro atoms. The minimum atomic E-state index is 0.561. The van der Waals surface area contributed by atoms with Crippen LogP contribution in [0.4, 0.5) is 11.6 Å². The number of pyridine rings is 1. The summed E-state index contributed by atoms with van der Waals surface area (Å²) in [6.07, 6.45) is 7.09. The average molecular weight is 283 g/mol. The molecule has 3 rings (SSSR count). The Balaban J connectivity index is 1.71. The second-order valence-corrected chi connectivity index (χ2v) is 5.52. The first-order chi connectivity index (χ1) is 10.3. The normalized spacial score (nSPS) is 14.0. The fourth-order valence-corrected chi connectivity index (χ4v) is 2.26. The second kappa shape index (κ2) is 6.08. The lowest BCUT2D eigenvalue weighted by molar-refractivity contribution is 0.834. The number of hydrogen-bond donors (Lipinski definition) is 1. The van der Waals surface area contributed by atoms with E-state index in [0.717, 1.165) is 30.4 Å². The van der Waals surface area contributed by atoms with E-state index in [0.29, 0.717) is 5.92 Å². The SMILES string of the molecule is CNc1cc(N(C)CCc2ccncc2)nc(C2CC2)n1. The Kier molecular flexibility index (Phi) is 3.99. The predicted octanol–water partition coefficient (Wildman–Crippen LogP) is 2.47. The van der Waals surface area contributed by atoms with Gasteiger partial charge in [-0.05, 0) is 37.0 Å². The Morgan fingerprint density at radius 1 is 1.24 bits per heavy atom. The summed E-state index contributed by atoms with van der Waals surface area (Å²) in [6, 6.07) is 6.13. The van der Waals surface area contributed by atoms with E-state index in [1.165, 1.54) is 18.4 Å². The molecule has 2 aromatic heterocycles. The molecule has 0 unspecified atom stereocenters. The van der Waals surface area contributed by atoms with Gasteiger partial charge in [0.2, 0.25) is 0 Å². The molecule has 1 aliphatic rings. The molecule has 5 heteroatoms. The van der Waals surface area contributed by atoms with Crippen LogP contribution in [-0.4, -0.2) is 35.6 Å². The zero-order chi connectivity index (χ0) is 14.7. The summed E-state index contributed by atoms with van der Waals surface area (Å²) in [5.41, 5.74) is 1.29. The highest BCUT2D eigenvalue weighted by atomic mass is 15.2. The van der Waals surface area contributed by atoms with E-state index >= 15 is 0 Å². The molecule has 1 saturated carbocycles. The van der Waals surface area contributed by atoms with Gasteiger partial charge in [0.1, 0.15) is 17.5 Å². The highest BCUT2D eigenvalue weighted by Crippen LogP contribution is 2.39. The molecule has 0 atom stereocenters. The third-order valence-electron chi connectivity index (χ3n) is 3.80. The summed E-state index contributed by atoms with van der Waals surface area (Å²) in [7, 11) is 3.99. The van der Waals surface area contributed by atoms with Crippen LogP contribution in [0.15, 0.2) is 30.6 Å². The Morgan fingerprint density at radius 2 is 2.00 bits per heavy atom. The number of nitrogens with zero attached hydrogens (tertiary/aromatic N) is 4. The Bertz CT molecular complexity index is 595. The molecule has 0 aliphatic heterocycles. The molecular formula is C16H21N5. The van der Waals surface area contributed by atoms with E-state index in [1.54, 1.807) is 0 Å². The van der Waals surface area contributed by atoms with Gasteiger partial charge in [-0.25, -0.2) is 9.97 Å². The van der Waals surface area contributed by atoms with Gasteiger partial charge in [0.15, 0.2) is 0 Å². The summed E-state index contributed by atoms with van der Waals surface area (Å²) >= 11 is 0. The highest BCUT2D eigenvalue weighted by molar-refractivity contribution is 5.49. The Morgan fingerprint density at radius 3 is 2.67 bits per heavy atom. The van der Waals surface area contributed by atoms with E-state index in [1.807, 2.05) is 25.5 Å². The number of likely N-dealkylation sites (N-methyl/N-ethyl adjacent to an activating group) is 1. The summed E-state index contributed by atoms with van der Waals surface area (Å²) in [6.45, 7) is 0.925. The van der Waals surface area contributed by atoms with Crippen LogP contribution >= 0.6 is 0 Å². The van der Waals surface area contributed by atoms with E-state index in [2.05, 4.69) is 39.4 Å². The first-order valence-electron chi connectivity index (χ1n) is 7.43. The standard InChI is InChI=1S/C16H21N5/c1-17-14-11-15(20-16(19-14)13-3-4-13)21(2)10-7-12-5-8-18-9-6-12/h5-6,8-9,11,13H,3-4,7,10H2,1-2H3,(H,17,19,20). The van der Waals surface area contributed by atoms with Gasteiger partial charge in [-0.15, -0.1) is 0 Å². The molecule has 0 aromatic carbocycles. The van der Waals surface area contributed by atoms with Gasteiger partial charge < -0.3 is 10.2 Å². The number of nitrogens with one attached hydrogen (secondary N) is 1. The Hall–Kier alpha value is -2.17. The van der Waals surface area contributed by atoms with E-state index in [-0.39, 0.29) is 0 Å². The molecule has 1 N–H and O–H groups in total. The quantitative estimate of drug-likeness (QED) is 0.882. The van der Waals surface area contributed by atoms with Crippen molar-refractivity contribution in [2.45, 2.75) is 25.2 Å². The van der Waals surface area contributed by atoms with Gasteiger partial charge in [-0.3, -0.25) is 4.98 Å². The molecule has 0 bridgehead atoms. The van der Waals surface area contributed by atoms with E-state index in [9.17, 15) is 0 Å². The van der Waals surface area contributed by atoms with Gasteiger partial charge in [-0.1, -0.05) is 0 Å². The summed E-state index contributed by atoms with van der Waals surface area (Å²) in [5, 5.41) is 3.13. The molecule has 0 saturated heterocycles. The van der Waals surface area contributed by atoms with E-state index in [4.69, 9.17) is 4.98 Å². The van der Waals surface area contributed by atoms with Crippen LogP contribution in [0.2, 0.25) is 0 Å². The number of hydrogen-bond acceptors (Lipinski definition) is 5. The van der Waals surface area contributed by atoms with Crippen LogP contribution in [0.25, 0.3) is 0 Å². The van der Waals surface area contributed by atoms with Crippen LogP contribution in [0.3, 0.4) is 0 Å². The Labute approximate surface area is 125 Å². The number of rotatable bonds is 6. The van der Waals surface area contributed by atoms with Crippen molar-refractivity contribution in [2.75, 3.05) is 30.9 Å². The molecule has 5 nitrogen and oxygen atoms in total. The lowest BCUT2D eigenvalue weighted by atomic mass is 10.2. The first kappa shape index (κ1) is 13.8. The minimum absolute atomic E-state index is 0.561. The molecule has 0 amide bonds. The first-order valence-corrected chi connectivity index (χ1v) is 7.43. The fraction of sp³-hybridized carbons (Fsp3) is 0.438. The zero-order valence-corrected chi connectivity index (χ0v) is 12.6. The van der Waals surface area contributed by atoms with Crippen molar-refractivity contribution >= 4 is 11.6 Å². The lowest BCUT2D eigenvalue weighted by Gasteiger charge is -2.19. The molecule has 2 heterocycles. The van der Waals surface area contributed by atoms with Crippen LogP contribution in [-0.2, 0) is 6.42 Å². The van der Waals surface area contributed by atoms with Crippen molar-refractivity contribution in [1.82, 2.24) is 15.0 Å².